The lowest BCUT2D eigenvalue weighted by molar-refractivity contribution is 0.159. The Kier molecular flexibility index (Phi) is 4.98. The van der Waals surface area contributed by atoms with Gasteiger partial charge in [0.2, 0.25) is 0 Å². The monoisotopic (exact) mass is 363 g/mol. The average Bonchev–Trinajstić information content (AvgIpc) is 3.13. The van der Waals surface area contributed by atoms with Crippen molar-refractivity contribution >= 4 is 6.21 Å². The fraction of sp³-hybridized carbons (Fsp3) is 0.238. The van der Waals surface area contributed by atoms with Gasteiger partial charge in [0.05, 0.1) is 11.9 Å². The number of halogens is 1. The second kappa shape index (κ2) is 7.72. The third kappa shape index (κ3) is 4.06. The summed E-state index contributed by atoms with van der Waals surface area (Å²) in [4.78, 5) is 2.30. The van der Waals surface area contributed by atoms with Crippen LogP contribution in [0.4, 0.5) is 4.39 Å². The Labute approximate surface area is 158 Å². The van der Waals surface area contributed by atoms with Gasteiger partial charge in [0, 0.05) is 43.5 Å². The fourth-order valence-electron chi connectivity index (χ4n) is 3.08. The normalized spacial score (nSPS) is 15.6. The van der Waals surface area contributed by atoms with Crippen molar-refractivity contribution in [2.45, 2.75) is 0 Å². The smallest absolute Gasteiger partial charge is 0.123 e. The van der Waals surface area contributed by atoms with Crippen LogP contribution >= 0.6 is 0 Å². The van der Waals surface area contributed by atoms with Crippen LogP contribution in [0.25, 0.3) is 16.9 Å². The Balaban J connectivity index is 1.68. The van der Waals surface area contributed by atoms with Crippen LogP contribution in [0.5, 0.6) is 0 Å². The molecule has 1 aliphatic heterocycles. The van der Waals surface area contributed by atoms with Crippen LogP contribution in [-0.4, -0.2) is 59.1 Å². The quantitative estimate of drug-likeness (QED) is 0.668. The van der Waals surface area contributed by atoms with Crippen molar-refractivity contribution in [2.24, 2.45) is 5.10 Å². The summed E-state index contributed by atoms with van der Waals surface area (Å²) in [5.74, 6) is -0.256. The van der Waals surface area contributed by atoms with E-state index in [-0.39, 0.29) is 5.82 Å². The molecule has 0 atom stereocenters. The van der Waals surface area contributed by atoms with Gasteiger partial charge in [-0.25, -0.2) is 9.07 Å². The Morgan fingerprint density at radius 2 is 1.67 bits per heavy atom. The van der Waals surface area contributed by atoms with Gasteiger partial charge in [0.1, 0.15) is 11.5 Å². The highest BCUT2D eigenvalue weighted by molar-refractivity contribution is 5.88. The minimum atomic E-state index is -0.256. The number of benzene rings is 2. The number of nitrogens with zero attached hydrogens (tertiary/aromatic N) is 5. The van der Waals surface area contributed by atoms with E-state index in [1.807, 2.05) is 47.4 Å². The lowest BCUT2D eigenvalue weighted by Crippen LogP contribution is -2.41. The van der Waals surface area contributed by atoms with Crippen molar-refractivity contribution in [3.8, 4) is 16.9 Å². The summed E-state index contributed by atoms with van der Waals surface area (Å²) in [6.07, 6.45) is 3.82. The zero-order chi connectivity index (χ0) is 18.6. The average molecular weight is 363 g/mol. The molecule has 1 saturated heterocycles. The van der Waals surface area contributed by atoms with E-state index in [2.05, 4.69) is 22.1 Å². The fourth-order valence-corrected chi connectivity index (χ4v) is 3.08. The molecule has 138 valence electrons. The first-order valence-corrected chi connectivity index (χ1v) is 9.07. The Bertz CT molecular complexity index is 910. The van der Waals surface area contributed by atoms with E-state index in [0.29, 0.717) is 0 Å². The van der Waals surface area contributed by atoms with Crippen molar-refractivity contribution in [1.29, 1.82) is 0 Å². The van der Waals surface area contributed by atoms with Crippen LogP contribution in [0.1, 0.15) is 5.56 Å². The molecule has 1 fully saturated rings. The summed E-state index contributed by atoms with van der Waals surface area (Å²) in [6, 6.07) is 16.4. The number of hydrazone groups is 1. The second-order valence-corrected chi connectivity index (χ2v) is 6.72. The lowest BCUT2D eigenvalue weighted by Gasteiger charge is -2.30. The molecule has 2 aromatic carbocycles. The maximum atomic E-state index is 13.3. The van der Waals surface area contributed by atoms with Gasteiger partial charge in [-0.2, -0.15) is 10.2 Å². The molecular formula is C21H22FN5. The topological polar surface area (TPSA) is 36.7 Å². The number of aromatic nitrogens is 2. The molecule has 0 radical (unpaired) electrons. The van der Waals surface area contributed by atoms with Crippen LogP contribution in [0.2, 0.25) is 0 Å². The van der Waals surface area contributed by atoms with Crippen molar-refractivity contribution in [3.63, 3.8) is 0 Å². The minimum Gasteiger partial charge on any atom is -0.303 e. The largest absolute Gasteiger partial charge is 0.303 e. The Hall–Kier alpha value is -2.99. The first-order valence-electron chi connectivity index (χ1n) is 9.07. The van der Waals surface area contributed by atoms with Gasteiger partial charge < -0.3 is 4.90 Å². The summed E-state index contributed by atoms with van der Waals surface area (Å²) in [5, 5.41) is 11.5. The highest BCUT2D eigenvalue weighted by atomic mass is 19.1. The van der Waals surface area contributed by atoms with Crippen LogP contribution in [-0.2, 0) is 0 Å². The van der Waals surface area contributed by atoms with E-state index >= 15 is 0 Å². The molecule has 4 rings (SSSR count). The molecule has 3 aromatic rings. The van der Waals surface area contributed by atoms with Crippen LogP contribution < -0.4 is 0 Å². The highest BCUT2D eigenvalue weighted by Crippen LogP contribution is 2.23. The van der Waals surface area contributed by atoms with Crippen molar-refractivity contribution in [1.82, 2.24) is 19.7 Å². The summed E-state index contributed by atoms with van der Waals surface area (Å²) >= 11 is 0. The third-order valence-corrected chi connectivity index (χ3v) is 4.72. The molecule has 0 amide bonds. The van der Waals surface area contributed by atoms with Crippen LogP contribution in [0.15, 0.2) is 65.9 Å². The van der Waals surface area contributed by atoms with Gasteiger partial charge in [0.25, 0.3) is 0 Å². The molecule has 2 heterocycles. The standard InChI is InChI=1S/C21H22FN5/c1-25-11-13-26(14-12-25)23-15-18-16-27(20-5-3-2-4-6-20)24-21(18)17-7-9-19(22)10-8-17/h2-10,15-16H,11-14H2,1H3/b23-15-. The number of likely N-dealkylation sites (N-methyl/N-ethyl adjacent to an activating group) is 1. The number of rotatable bonds is 4. The lowest BCUT2D eigenvalue weighted by atomic mass is 10.1. The van der Waals surface area contributed by atoms with Crippen molar-refractivity contribution < 1.29 is 4.39 Å². The van der Waals surface area contributed by atoms with Crippen molar-refractivity contribution in [2.75, 3.05) is 33.2 Å². The zero-order valence-corrected chi connectivity index (χ0v) is 15.3. The molecular weight excluding hydrogens is 341 g/mol. The maximum absolute atomic E-state index is 13.3. The Morgan fingerprint density at radius 1 is 0.963 bits per heavy atom. The molecule has 27 heavy (non-hydrogen) atoms. The van der Waals surface area contributed by atoms with Gasteiger partial charge >= 0.3 is 0 Å². The predicted octanol–water partition coefficient (Wildman–Crippen LogP) is 3.26. The maximum Gasteiger partial charge on any atom is 0.123 e. The predicted molar refractivity (Wildman–Crippen MR) is 106 cm³/mol. The molecule has 0 unspecified atom stereocenters. The molecule has 1 aliphatic rings. The SMILES string of the molecule is CN1CCN(/N=C\c2cn(-c3ccccc3)nc2-c2ccc(F)cc2)CC1. The van der Waals surface area contributed by atoms with E-state index < -0.39 is 0 Å². The molecule has 0 spiro atoms. The molecule has 6 heteroatoms. The summed E-state index contributed by atoms with van der Waals surface area (Å²) in [6.45, 7) is 3.83. The number of para-hydroxylation sites is 1. The molecule has 0 saturated carbocycles. The summed E-state index contributed by atoms with van der Waals surface area (Å²) in [5.41, 5.74) is 3.53. The Morgan fingerprint density at radius 3 is 2.37 bits per heavy atom. The van der Waals surface area contributed by atoms with Gasteiger partial charge in [-0.3, -0.25) is 5.01 Å². The highest BCUT2D eigenvalue weighted by Gasteiger charge is 2.14. The summed E-state index contributed by atoms with van der Waals surface area (Å²) in [7, 11) is 2.12. The zero-order valence-electron chi connectivity index (χ0n) is 15.3. The van der Waals surface area contributed by atoms with Gasteiger partial charge in [-0.1, -0.05) is 18.2 Å². The van der Waals surface area contributed by atoms with E-state index in [1.165, 1.54) is 12.1 Å². The molecule has 0 N–H and O–H groups in total. The molecule has 1 aromatic heterocycles. The second-order valence-electron chi connectivity index (χ2n) is 6.72. The van der Waals surface area contributed by atoms with Gasteiger partial charge in [-0.15, -0.1) is 0 Å². The van der Waals surface area contributed by atoms with E-state index in [0.717, 1.165) is 48.7 Å². The number of hydrogen-bond acceptors (Lipinski definition) is 4. The minimum absolute atomic E-state index is 0.256. The van der Waals surface area contributed by atoms with Crippen LogP contribution in [0.3, 0.4) is 0 Å². The molecule has 0 bridgehead atoms. The first kappa shape index (κ1) is 17.4. The molecule has 0 aliphatic carbocycles. The van der Waals surface area contributed by atoms with Gasteiger partial charge in [-0.05, 0) is 43.4 Å². The van der Waals surface area contributed by atoms with E-state index in [9.17, 15) is 4.39 Å². The van der Waals surface area contributed by atoms with E-state index in [1.54, 1.807) is 12.1 Å². The van der Waals surface area contributed by atoms with Crippen molar-refractivity contribution in [3.05, 3.63) is 72.2 Å². The number of piperazine rings is 1. The summed E-state index contributed by atoms with van der Waals surface area (Å²) < 4.78 is 15.2. The molecule has 5 nitrogen and oxygen atoms in total. The van der Waals surface area contributed by atoms with Gasteiger partial charge in [0.15, 0.2) is 0 Å². The number of hydrogen-bond donors (Lipinski definition) is 0. The third-order valence-electron chi connectivity index (χ3n) is 4.72. The van der Waals surface area contributed by atoms with Crippen LogP contribution in [0, 0.1) is 5.82 Å². The van der Waals surface area contributed by atoms with E-state index in [4.69, 9.17) is 5.10 Å². The first-order chi connectivity index (χ1) is 13.2.